The van der Waals surface area contributed by atoms with E-state index in [2.05, 4.69) is 24.1 Å². The molecule has 0 saturated carbocycles. The molecule has 17 heavy (non-hydrogen) atoms. The van der Waals surface area contributed by atoms with Crippen LogP contribution in [0.1, 0.15) is 19.5 Å². The Kier molecular flexibility index (Phi) is 3.81. The van der Waals surface area contributed by atoms with Crippen LogP contribution in [0, 0.1) is 0 Å². The third-order valence-electron chi connectivity index (χ3n) is 2.37. The number of oxazole rings is 1. The third kappa shape index (κ3) is 2.68. The lowest BCUT2D eigenvalue weighted by molar-refractivity contribution is 0.416. The number of nitrogens with one attached hydrogen (secondary N) is 1. The third-order valence-corrected chi connectivity index (χ3v) is 3.27. The molecule has 0 saturated heterocycles. The Morgan fingerprint density at radius 2 is 2.35 bits per heavy atom. The average Bonchev–Trinajstić information content (AvgIpc) is 2.93. The first-order valence-corrected chi connectivity index (χ1v) is 6.38. The first-order chi connectivity index (χ1) is 8.22. The van der Waals surface area contributed by atoms with E-state index < -0.39 is 0 Å². The molecule has 92 valence electrons. The minimum atomic E-state index is 0.421. The average molecular weight is 252 g/mol. The number of hydrogen-bond acceptors (Lipinski definition) is 5. The Labute approximate surface area is 105 Å². The second kappa shape index (κ2) is 5.33. The van der Waals surface area contributed by atoms with Crippen LogP contribution >= 0.6 is 11.3 Å². The lowest BCUT2D eigenvalue weighted by atomic mass is 10.2. The topological polar surface area (TPSA) is 47.3 Å². The van der Waals surface area contributed by atoms with Crippen LogP contribution in [-0.2, 0) is 6.54 Å². The highest BCUT2D eigenvalue weighted by atomic mass is 32.1. The maximum atomic E-state index is 5.46. The van der Waals surface area contributed by atoms with Crippen LogP contribution in [0.2, 0.25) is 0 Å². The van der Waals surface area contributed by atoms with Gasteiger partial charge in [-0.3, -0.25) is 0 Å². The summed E-state index contributed by atoms with van der Waals surface area (Å²) in [7, 11) is 1.66. The summed E-state index contributed by atoms with van der Waals surface area (Å²) in [4.78, 5) is 5.23. The highest BCUT2D eigenvalue weighted by Gasteiger charge is 2.16. The maximum absolute atomic E-state index is 5.46. The van der Waals surface area contributed by atoms with Crippen molar-refractivity contribution >= 4 is 11.3 Å². The molecule has 0 unspecified atom stereocenters. The summed E-state index contributed by atoms with van der Waals surface area (Å²) in [5.41, 5.74) is 0.916. The number of rotatable bonds is 5. The molecule has 0 aliphatic carbocycles. The zero-order valence-corrected chi connectivity index (χ0v) is 11.0. The van der Waals surface area contributed by atoms with E-state index in [0.717, 1.165) is 22.1 Å². The molecule has 2 rings (SSSR count). The van der Waals surface area contributed by atoms with Crippen LogP contribution in [0.4, 0.5) is 0 Å². The van der Waals surface area contributed by atoms with Gasteiger partial charge in [0.25, 0.3) is 0 Å². The van der Waals surface area contributed by atoms with E-state index in [9.17, 15) is 0 Å². The van der Waals surface area contributed by atoms with Crippen LogP contribution < -0.4 is 10.1 Å². The van der Waals surface area contributed by atoms with Gasteiger partial charge in [0, 0.05) is 12.6 Å². The number of thiophene rings is 1. The van der Waals surface area contributed by atoms with Gasteiger partial charge in [0.1, 0.15) is 16.3 Å². The molecular formula is C12H16N2O2S. The van der Waals surface area contributed by atoms with Crippen molar-refractivity contribution in [3.8, 4) is 16.4 Å². The molecule has 2 aromatic heterocycles. The van der Waals surface area contributed by atoms with Gasteiger partial charge >= 0.3 is 0 Å². The monoisotopic (exact) mass is 252 g/mol. The maximum Gasteiger partial charge on any atom is 0.181 e. The van der Waals surface area contributed by atoms with Gasteiger partial charge in [-0.1, -0.05) is 13.8 Å². The van der Waals surface area contributed by atoms with E-state index in [1.54, 1.807) is 18.4 Å². The Hall–Kier alpha value is -1.33. The molecular weight excluding hydrogens is 236 g/mol. The Morgan fingerprint density at radius 3 is 3.06 bits per heavy atom. The Morgan fingerprint density at radius 1 is 1.53 bits per heavy atom. The van der Waals surface area contributed by atoms with Gasteiger partial charge in [-0.25, -0.2) is 4.98 Å². The Balaban J connectivity index is 2.24. The number of methoxy groups -OCH3 is 1. The van der Waals surface area contributed by atoms with Crippen LogP contribution in [0.5, 0.6) is 5.75 Å². The van der Waals surface area contributed by atoms with E-state index >= 15 is 0 Å². The summed E-state index contributed by atoms with van der Waals surface area (Å²) < 4.78 is 10.8. The molecule has 0 atom stereocenters. The number of ether oxygens (including phenoxy) is 1. The molecule has 0 fully saturated rings. The van der Waals surface area contributed by atoms with E-state index in [4.69, 9.17) is 9.15 Å². The van der Waals surface area contributed by atoms with Crippen LogP contribution in [0.15, 0.2) is 22.3 Å². The van der Waals surface area contributed by atoms with Gasteiger partial charge in [0.05, 0.1) is 7.11 Å². The molecule has 2 aromatic rings. The number of aromatic nitrogens is 1. The van der Waals surface area contributed by atoms with Crippen molar-refractivity contribution in [2.75, 3.05) is 7.11 Å². The lowest BCUT2D eigenvalue weighted by Gasteiger charge is -2.07. The largest absolute Gasteiger partial charge is 0.495 e. The first-order valence-electron chi connectivity index (χ1n) is 5.50. The van der Waals surface area contributed by atoms with Crippen molar-refractivity contribution < 1.29 is 9.15 Å². The predicted octanol–water partition coefficient (Wildman–Crippen LogP) is 2.91. The van der Waals surface area contributed by atoms with Gasteiger partial charge in [-0.2, -0.15) is 0 Å². The van der Waals surface area contributed by atoms with Crippen LogP contribution in [0.25, 0.3) is 10.6 Å². The second-order valence-corrected chi connectivity index (χ2v) is 4.90. The SMILES string of the molecule is COc1ccsc1-c1ocnc1CNC(C)C. The fourth-order valence-corrected chi connectivity index (χ4v) is 2.37. The van der Waals surface area contributed by atoms with Crippen molar-refractivity contribution in [1.82, 2.24) is 10.3 Å². The summed E-state index contributed by atoms with van der Waals surface area (Å²) in [6.45, 7) is 4.90. The quantitative estimate of drug-likeness (QED) is 0.888. The summed E-state index contributed by atoms with van der Waals surface area (Å²) in [5.74, 6) is 1.63. The minimum absolute atomic E-state index is 0.421. The van der Waals surface area contributed by atoms with Crippen molar-refractivity contribution in [2.45, 2.75) is 26.4 Å². The smallest absolute Gasteiger partial charge is 0.181 e. The predicted molar refractivity (Wildman–Crippen MR) is 68.3 cm³/mol. The highest BCUT2D eigenvalue weighted by Crippen LogP contribution is 2.36. The van der Waals surface area contributed by atoms with Crippen LogP contribution in [0.3, 0.4) is 0 Å². The minimum Gasteiger partial charge on any atom is -0.495 e. The zero-order valence-electron chi connectivity index (χ0n) is 10.2. The normalized spacial score (nSPS) is 11.1. The molecule has 0 aliphatic heterocycles. The standard InChI is InChI=1S/C12H16N2O2S/c1-8(2)13-6-9-11(16-7-14-9)12-10(15-3)4-5-17-12/h4-5,7-8,13H,6H2,1-3H3. The number of hydrogen-bond donors (Lipinski definition) is 1. The van der Waals surface area contributed by atoms with Crippen molar-refractivity contribution in [1.29, 1.82) is 0 Å². The van der Waals surface area contributed by atoms with Gasteiger partial charge in [-0.15, -0.1) is 11.3 Å². The van der Waals surface area contributed by atoms with Gasteiger partial charge in [0.15, 0.2) is 12.2 Å². The van der Waals surface area contributed by atoms with Crippen LogP contribution in [-0.4, -0.2) is 18.1 Å². The molecule has 5 heteroatoms. The molecule has 1 N–H and O–H groups in total. The molecule has 0 radical (unpaired) electrons. The van der Waals surface area contributed by atoms with E-state index in [1.807, 2.05) is 11.4 Å². The molecule has 0 spiro atoms. The first kappa shape index (κ1) is 12.1. The molecule has 0 aliphatic rings. The molecule has 0 bridgehead atoms. The summed E-state index contributed by atoms with van der Waals surface area (Å²) in [5, 5.41) is 5.31. The van der Waals surface area contributed by atoms with Crippen molar-refractivity contribution in [2.24, 2.45) is 0 Å². The van der Waals surface area contributed by atoms with Gasteiger partial charge in [0.2, 0.25) is 0 Å². The summed E-state index contributed by atoms with van der Waals surface area (Å²) in [6.07, 6.45) is 1.48. The van der Waals surface area contributed by atoms with E-state index in [1.165, 1.54) is 6.39 Å². The fourth-order valence-electron chi connectivity index (χ4n) is 1.50. The highest BCUT2D eigenvalue weighted by molar-refractivity contribution is 7.14. The van der Waals surface area contributed by atoms with Gasteiger partial charge in [-0.05, 0) is 11.4 Å². The van der Waals surface area contributed by atoms with Gasteiger partial charge < -0.3 is 14.5 Å². The summed E-state index contributed by atoms with van der Waals surface area (Å²) in [6, 6.07) is 2.35. The summed E-state index contributed by atoms with van der Waals surface area (Å²) >= 11 is 1.59. The van der Waals surface area contributed by atoms with Crippen molar-refractivity contribution in [3.05, 3.63) is 23.5 Å². The fraction of sp³-hybridized carbons (Fsp3) is 0.417. The Bertz CT molecular complexity index is 476. The molecule has 0 aromatic carbocycles. The number of nitrogens with zero attached hydrogens (tertiary/aromatic N) is 1. The molecule has 4 nitrogen and oxygen atoms in total. The lowest BCUT2D eigenvalue weighted by Crippen LogP contribution is -2.22. The molecule has 0 amide bonds. The van der Waals surface area contributed by atoms with E-state index in [-0.39, 0.29) is 0 Å². The van der Waals surface area contributed by atoms with Crippen molar-refractivity contribution in [3.63, 3.8) is 0 Å². The molecule has 2 heterocycles. The van der Waals surface area contributed by atoms with E-state index in [0.29, 0.717) is 12.6 Å². The zero-order chi connectivity index (χ0) is 12.3. The second-order valence-electron chi connectivity index (χ2n) is 3.98.